The molecule has 1 heterocycles. The molecule has 1 N–H and O–H groups in total. The van der Waals surface area contributed by atoms with Crippen LogP contribution in [-0.4, -0.2) is 23.5 Å². The van der Waals surface area contributed by atoms with Crippen molar-refractivity contribution in [3.8, 4) is 0 Å². The summed E-state index contributed by atoms with van der Waals surface area (Å²) in [4.78, 5) is 2.54. The highest BCUT2D eigenvalue weighted by atomic mass is 16.3. The van der Waals surface area contributed by atoms with Gasteiger partial charge in [0.05, 0.1) is 13.1 Å². The number of nitrogens with zero attached hydrogens (tertiary/aromatic N) is 1. The van der Waals surface area contributed by atoms with Crippen LogP contribution in [0.1, 0.15) is 71.0 Å². The molecule has 3 nitrogen and oxygen atoms in total. The predicted octanol–water partition coefficient (Wildman–Crippen LogP) is 4.49. The van der Waals surface area contributed by atoms with Crippen molar-refractivity contribution < 1.29 is 4.42 Å². The highest BCUT2D eigenvalue weighted by Gasteiger charge is 2.15. The van der Waals surface area contributed by atoms with Crippen LogP contribution in [0.25, 0.3) is 0 Å². The highest BCUT2D eigenvalue weighted by Crippen LogP contribution is 2.18. The van der Waals surface area contributed by atoms with Crippen LogP contribution in [-0.2, 0) is 13.1 Å². The van der Waals surface area contributed by atoms with E-state index in [4.69, 9.17) is 4.42 Å². The molecule has 122 valence electrons. The molecule has 0 aliphatic carbocycles. The SMILES string of the molecule is CCCCN(Cc1cc(C)c(CNC(C)C)o1)C(C)CC. The van der Waals surface area contributed by atoms with E-state index in [1.807, 2.05) is 0 Å². The number of hydrogen-bond donors (Lipinski definition) is 1. The summed E-state index contributed by atoms with van der Waals surface area (Å²) in [6.45, 7) is 16.2. The van der Waals surface area contributed by atoms with Crippen molar-refractivity contribution in [1.82, 2.24) is 10.2 Å². The molecule has 0 spiro atoms. The van der Waals surface area contributed by atoms with Crippen LogP contribution in [0.5, 0.6) is 0 Å². The Morgan fingerprint density at radius 3 is 2.52 bits per heavy atom. The van der Waals surface area contributed by atoms with E-state index in [0.717, 1.165) is 31.2 Å². The van der Waals surface area contributed by atoms with Gasteiger partial charge >= 0.3 is 0 Å². The van der Waals surface area contributed by atoms with E-state index in [1.54, 1.807) is 0 Å². The first-order chi connectivity index (χ1) is 9.97. The summed E-state index contributed by atoms with van der Waals surface area (Å²) in [6, 6.07) is 3.30. The van der Waals surface area contributed by atoms with E-state index in [9.17, 15) is 0 Å². The Morgan fingerprint density at radius 1 is 1.24 bits per heavy atom. The Morgan fingerprint density at radius 2 is 1.95 bits per heavy atom. The third kappa shape index (κ3) is 6.23. The molecule has 0 bridgehead atoms. The molecule has 0 aliphatic heterocycles. The van der Waals surface area contributed by atoms with Gasteiger partial charge in [0.15, 0.2) is 0 Å². The maximum atomic E-state index is 6.07. The molecule has 0 fully saturated rings. The van der Waals surface area contributed by atoms with Crippen molar-refractivity contribution in [2.24, 2.45) is 0 Å². The monoisotopic (exact) mass is 294 g/mol. The van der Waals surface area contributed by atoms with Crippen LogP contribution in [0.4, 0.5) is 0 Å². The number of nitrogens with one attached hydrogen (secondary N) is 1. The largest absolute Gasteiger partial charge is 0.463 e. The molecular formula is C18H34N2O. The van der Waals surface area contributed by atoms with Crippen LogP contribution >= 0.6 is 0 Å². The molecule has 1 atom stereocenters. The Labute approximate surface area is 131 Å². The lowest BCUT2D eigenvalue weighted by atomic mass is 10.2. The maximum absolute atomic E-state index is 6.07. The zero-order valence-electron chi connectivity index (χ0n) is 14.8. The number of rotatable bonds is 10. The van der Waals surface area contributed by atoms with Gasteiger partial charge in [0, 0.05) is 12.1 Å². The Balaban J connectivity index is 2.68. The molecule has 0 aromatic carbocycles. The summed E-state index contributed by atoms with van der Waals surface area (Å²) in [6.07, 6.45) is 3.69. The first-order valence-electron chi connectivity index (χ1n) is 8.53. The van der Waals surface area contributed by atoms with E-state index in [-0.39, 0.29) is 0 Å². The Hall–Kier alpha value is -0.800. The summed E-state index contributed by atoms with van der Waals surface area (Å²) in [5.41, 5.74) is 1.26. The number of hydrogen-bond acceptors (Lipinski definition) is 3. The molecule has 0 radical (unpaired) electrons. The van der Waals surface area contributed by atoms with Crippen molar-refractivity contribution in [3.63, 3.8) is 0 Å². The molecule has 3 heteroatoms. The van der Waals surface area contributed by atoms with Gasteiger partial charge < -0.3 is 9.73 Å². The normalized spacial score (nSPS) is 13.3. The molecule has 1 unspecified atom stereocenters. The van der Waals surface area contributed by atoms with Gasteiger partial charge in [-0.05, 0) is 44.9 Å². The van der Waals surface area contributed by atoms with E-state index in [2.05, 4.69) is 57.8 Å². The van der Waals surface area contributed by atoms with Crippen molar-refractivity contribution >= 4 is 0 Å². The third-order valence-corrected chi connectivity index (χ3v) is 4.11. The summed E-state index contributed by atoms with van der Waals surface area (Å²) in [5, 5.41) is 3.43. The predicted molar refractivity (Wildman–Crippen MR) is 90.5 cm³/mol. The minimum absolute atomic E-state index is 0.485. The summed E-state index contributed by atoms with van der Waals surface area (Å²) in [7, 11) is 0. The minimum Gasteiger partial charge on any atom is -0.463 e. The minimum atomic E-state index is 0.485. The van der Waals surface area contributed by atoms with Crippen LogP contribution < -0.4 is 5.32 Å². The van der Waals surface area contributed by atoms with Crippen molar-refractivity contribution in [3.05, 3.63) is 23.2 Å². The molecule has 1 rings (SSSR count). The van der Waals surface area contributed by atoms with Gasteiger partial charge in [-0.25, -0.2) is 0 Å². The Kier molecular flexibility index (Phi) is 8.05. The quantitative estimate of drug-likeness (QED) is 0.689. The van der Waals surface area contributed by atoms with Gasteiger partial charge in [0.2, 0.25) is 0 Å². The smallest absolute Gasteiger partial charge is 0.120 e. The van der Waals surface area contributed by atoms with Gasteiger partial charge in [-0.1, -0.05) is 34.1 Å². The molecule has 21 heavy (non-hydrogen) atoms. The number of furan rings is 1. The fraction of sp³-hybridized carbons (Fsp3) is 0.778. The van der Waals surface area contributed by atoms with Gasteiger partial charge in [0.25, 0.3) is 0 Å². The maximum Gasteiger partial charge on any atom is 0.120 e. The number of unbranched alkanes of at least 4 members (excludes halogenated alkanes) is 1. The summed E-state index contributed by atoms with van der Waals surface area (Å²) in [5.74, 6) is 2.18. The summed E-state index contributed by atoms with van der Waals surface area (Å²) < 4.78 is 6.07. The number of aryl methyl sites for hydroxylation is 1. The van der Waals surface area contributed by atoms with Gasteiger partial charge in [-0.3, -0.25) is 4.90 Å². The van der Waals surface area contributed by atoms with Crippen LogP contribution in [0.15, 0.2) is 10.5 Å². The molecule has 1 aromatic rings. The first kappa shape index (κ1) is 18.2. The van der Waals surface area contributed by atoms with Gasteiger partial charge in [-0.2, -0.15) is 0 Å². The second-order valence-corrected chi connectivity index (χ2v) is 6.44. The molecule has 0 aliphatic rings. The molecule has 0 amide bonds. The first-order valence-corrected chi connectivity index (χ1v) is 8.53. The highest BCUT2D eigenvalue weighted by molar-refractivity contribution is 5.20. The van der Waals surface area contributed by atoms with Crippen LogP contribution in [0, 0.1) is 6.92 Å². The molecule has 0 saturated heterocycles. The average Bonchev–Trinajstić information content (AvgIpc) is 2.80. The van der Waals surface area contributed by atoms with Crippen molar-refractivity contribution in [2.75, 3.05) is 6.54 Å². The lowest BCUT2D eigenvalue weighted by Crippen LogP contribution is -2.32. The van der Waals surface area contributed by atoms with E-state index >= 15 is 0 Å². The van der Waals surface area contributed by atoms with Gasteiger partial charge in [-0.15, -0.1) is 0 Å². The third-order valence-electron chi connectivity index (χ3n) is 4.11. The molecule has 1 aromatic heterocycles. The van der Waals surface area contributed by atoms with Crippen LogP contribution in [0.2, 0.25) is 0 Å². The van der Waals surface area contributed by atoms with E-state index in [1.165, 1.54) is 24.8 Å². The van der Waals surface area contributed by atoms with Crippen LogP contribution in [0.3, 0.4) is 0 Å². The zero-order valence-corrected chi connectivity index (χ0v) is 14.8. The topological polar surface area (TPSA) is 28.4 Å². The van der Waals surface area contributed by atoms with Crippen molar-refractivity contribution in [2.45, 2.75) is 86.0 Å². The Bertz CT molecular complexity index is 398. The lowest BCUT2D eigenvalue weighted by Gasteiger charge is -2.27. The lowest BCUT2D eigenvalue weighted by molar-refractivity contribution is 0.176. The van der Waals surface area contributed by atoms with Gasteiger partial charge in [0.1, 0.15) is 11.5 Å². The second kappa shape index (κ2) is 9.26. The van der Waals surface area contributed by atoms with E-state index in [0.29, 0.717) is 12.1 Å². The van der Waals surface area contributed by atoms with Crippen molar-refractivity contribution in [1.29, 1.82) is 0 Å². The molecule has 0 saturated carbocycles. The van der Waals surface area contributed by atoms with E-state index < -0.39 is 0 Å². The fourth-order valence-electron chi connectivity index (χ4n) is 2.42. The fourth-order valence-corrected chi connectivity index (χ4v) is 2.42. The molecular weight excluding hydrogens is 260 g/mol. The summed E-state index contributed by atoms with van der Waals surface area (Å²) >= 11 is 0. The average molecular weight is 294 g/mol. The zero-order chi connectivity index (χ0) is 15.8. The standard InChI is InChI=1S/C18H34N2O/c1-7-9-10-20(16(6)8-2)13-17-11-15(5)18(21-17)12-19-14(3)4/h11,14,16,19H,7-10,12-13H2,1-6H3. The second-order valence-electron chi connectivity index (χ2n) is 6.44.